The summed E-state index contributed by atoms with van der Waals surface area (Å²) in [7, 11) is 0. The van der Waals surface area contributed by atoms with E-state index < -0.39 is 12.0 Å². The molecule has 0 amide bonds. The Morgan fingerprint density at radius 1 is 1.50 bits per heavy atom. The number of nitrogens with one attached hydrogen (secondary N) is 1. The largest absolute Gasteiger partial charge is 0.480 e. The minimum atomic E-state index is -0.712. The Bertz CT molecular complexity index is 337. The molecular weight excluding hydrogens is 252 g/mol. The second-order valence-corrected chi connectivity index (χ2v) is 5.99. The van der Waals surface area contributed by atoms with Crippen LogP contribution in [0.4, 0.5) is 0 Å². The highest BCUT2D eigenvalue weighted by Gasteiger charge is 2.30. The topological polar surface area (TPSA) is 52.6 Å². The molecule has 1 aliphatic rings. The fraction of sp³-hybridized carbons (Fsp3) is 0.812. The van der Waals surface area contributed by atoms with Crippen molar-refractivity contribution in [3.8, 4) is 0 Å². The molecule has 0 aromatic carbocycles. The van der Waals surface area contributed by atoms with Crippen LogP contribution in [0.5, 0.6) is 0 Å². The van der Waals surface area contributed by atoms with E-state index in [0.717, 1.165) is 39.0 Å². The molecule has 2 N–H and O–H groups in total. The maximum Gasteiger partial charge on any atom is 0.320 e. The summed E-state index contributed by atoms with van der Waals surface area (Å²) >= 11 is 0. The van der Waals surface area contributed by atoms with Gasteiger partial charge < -0.3 is 15.3 Å². The molecule has 4 nitrogen and oxygen atoms in total. The molecule has 20 heavy (non-hydrogen) atoms. The van der Waals surface area contributed by atoms with Gasteiger partial charge in [-0.1, -0.05) is 32.4 Å². The summed E-state index contributed by atoms with van der Waals surface area (Å²) in [4.78, 5) is 13.8. The fourth-order valence-corrected chi connectivity index (χ4v) is 3.22. The van der Waals surface area contributed by atoms with Gasteiger partial charge in [-0.3, -0.25) is 4.79 Å². The standard InChI is InChI=1S/C16H30N2O2/c1-5-18(6-2)8-7-17-15(16(19)20)14-10-12(3)9-13(4)11-14/h9,12,14-15,17H,5-8,10-11H2,1-4H3,(H,19,20). The molecule has 0 aromatic heterocycles. The van der Waals surface area contributed by atoms with Crippen LogP contribution in [-0.4, -0.2) is 48.2 Å². The molecule has 0 heterocycles. The maximum atomic E-state index is 11.5. The van der Waals surface area contributed by atoms with E-state index in [1.54, 1.807) is 0 Å². The Hall–Kier alpha value is -0.870. The molecule has 0 aromatic rings. The second-order valence-electron chi connectivity index (χ2n) is 5.99. The van der Waals surface area contributed by atoms with Gasteiger partial charge in [-0.05, 0) is 44.7 Å². The minimum absolute atomic E-state index is 0.212. The molecule has 0 radical (unpaired) electrons. The number of nitrogens with zero attached hydrogens (tertiary/aromatic N) is 1. The zero-order chi connectivity index (χ0) is 15.1. The third kappa shape index (κ3) is 5.25. The molecule has 0 saturated carbocycles. The highest BCUT2D eigenvalue weighted by Crippen LogP contribution is 2.30. The van der Waals surface area contributed by atoms with E-state index in [2.05, 4.69) is 44.0 Å². The third-order valence-electron chi connectivity index (χ3n) is 4.25. The lowest BCUT2D eigenvalue weighted by atomic mass is 9.79. The molecule has 1 rings (SSSR count). The maximum absolute atomic E-state index is 11.5. The Morgan fingerprint density at radius 3 is 2.65 bits per heavy atom. The van der Waals surface area contributed by atoms with Crippen LogP contribution in [0.25, 0.3) is 0 Å². The van der Waals surface area contributed by atoms with E-state index in [1.807, 2.05) is 0 Å². The minimum Gasteiger partial charge on any atom is -0.480 e. The van der Waals surface area contributed by atoms with Crippen LogP contribution in [0.1, 0.15) is 40.5 Å². The molecule has 0 fully saturated rings. The highest BCUT2D eigenvalue weighted by molar-refractivity contribution is 5.74. The highest BCUT2D eigenvalue weighted by atomic mass is 16.4. The smallest absolute Gasteiger partial charge is 0.320 e. The van der Waals surface area contributed by atoms with Gasteiger partial charge in [-0.2, -0.15) is 0 Å². The SMILES string of the molecule is CCN(CC)CCNC(C(=O)O)C1CC(C)=CC(C)C1. The summed E-state index contributed by atoms with van der Waals surface area (Å²) in [6, 6.07) is -0.420. The number of rotatable bonds is 8. The first-order chi connectivity index (χ1) is 9.47. The van der Waals surface area contributed by atoms with Crippen LogP contribution in [0.15, 0.2) is 11.6 Å². The summed E-state index contributed by atoms with van der Waals surface area (Å²) in [6.07, 6.45) is 4.14. The van der Waals surface area contributed by atoms with Gasteiger partial charge in [-0.15, -0.1) is 0 Å². The third-order valence-corrected chi connectivity index (χ3v) is 4.25. The van der Waals surface area contributed by atoms with Gasteiger partial charge >= 0.3 is 5.97 Å². The quantitative estimate of drug-likeness (QED) is 0.671. The number of hydrogen-bond donors (Lipinski definition) is 2. The van der Waals surface area contributed by atoms with Gasteiger partial charge in [0.2, 0.25) is 0 Å². The van der Waals surface area contributed by atoms with E-state index in [1.165, 1.54) is 5.57 Å². The second kappa shape index (κ2) is 8.42. The van der Waals surface area contributed by atoms with Crippen molar-refractivity contribution in [2.75, 3.05) is 26.2 Å². The predicted molar refractivity (Wildman–Crippen MR) is 82.9 cm³/mol. The first-order valence-corrected chi connectivity index (χ1v) is 7.83. The van der Waals surface area contributed by atoms with Crippen LogP contribution in [0.2, 0.25) is 0 Å². The zero-order valence-corrected chi connectivity index (χ0v) is 13.4. The Kier molecular flexibility index (Phi) is 7.24. The van der Waals surface area contributed by atoms with Gasteiger partial charge in [0.05, 0.1) is 0 Å². The van der Waals surface area contributed by atoms with E-state index in [9.17, 15) is 9.90 Å². The molecule has 3 atom stereocenters. The molecular formula is C16H30N2O2. The average molecular weight is 282 g/mol. The van der Waals surface area contributed by atoms with Crippen molar-refractivity contribution in [3.63, 3.8) is 0 Å². The Labute approximate surface area is 123 Å². The molecule has 0 saturated heterocycles. The van der Waals surface area contributed by atoms with Gasteiger partial charge in [0.25, 0.3) is 0 Å². The summed E-state index contributed by atoms with van der Waals surface area (Å²) in [5.74, 6) is -0.0131. The first-order valence-electron chi connectivity index (χ1n) is 7.83. The van der Waals surface area contributed by atoms with E-state index >= 15 is 0 Å². The number of allylic oxidation sites excluding steroid dienone is 2. The van der Waals surface area contributed by atoms with Crippen LogP contribution in [0.3, 0.4) is 0 Å². The normalized spacial score (nSPS) is 24.6. The van der Waals surface area contributed by atoms with Crippen molar-refractivity contribution in [1.29, 1.82) is 0 Å². The number of carboxylic acid groups (broad SMARTS) is 1. The van der Waals surface area contributed by atoms with Gasteiger partial charge in [0.15, 0.2) is 0 Å². The van der Waals surface area contributed by atoms with Gasteiger partial charge in [-0.25, -0.2) is 0 Å². The summed E-state index contributed by atoms with van der Waals surface area (Å²) < 4.78 is 0. The number of aliphatic carboxylic acids is 1. The predicted octanol–water partition coefficient (Wildman–Crippen LogP) is 2.36. The van der Waals surface area contributed by atoms with Crippen molar-refractivity contribution >= 4 is 5.97 Å². The van der Waals surface area contributed by atoms with E-state index in [0.29, 0.717) is 5.92 Å². The summed E-state index contributed by atoms with van der Waals surface area (Å²) in [6.45, 7) is 12.2. The van der Waals surface area contributed by atoms with E-state index in [4.69, 9.17) is 0 Å². The molecule has 4 heteroatoms. The first kappa shape index (κ1) is 17.2. The fourth-order valence-electron chi connectivity index (χ4n) is 3.22. The average Bonchev–Trinajstić information content (AvgIpc) is 2.37. The van der Waals surface area contributed by atoms with Gasteiger partial charge in [0, 0.05) is 13.1 Å². The monoisotopic (exact) mass is 282 g/mol. The molecule has 0 spiro atoms. The molecule has 3 unspecified atom stereocenters. The van der Waals surface area contributed by atoms with Gasteiger partial charge in [0.1, 0.15) is 6.04 Å². The lowest BCUT2D eigenvalue weighted by molar-refractivity contribution is -0.141. The molecule has 1 aliphatic carbocycles. The number of carbonyl (C=O) groups is 1. The molecule has 0 bridgehead atoms. The summed E-state index contributed by atoms with van der Waals surface area (Å²) in [5.41, 5.74) is 1.32. The number of likely N-dealkylation sites (N-methyl/N-ethyl adjacent to an activating group) is 1. The zero-order valence-electron chi connectivity index (χ0n) is 13.4. The number of carboxylic acids is 1. The Balaban J connectivity index is 2.53. The van der Waals surface area contributed by atoms with Crippen molar-refractivity contribution in [2.45, 2.75) is 46.6 Å². The Morgan fingerprint density at radius 2 is 2.15 bits per heavy atom. The van der Waals surface area contributed by atoms with Crippen LogP contribution >= 0.6 is 0 Å². The van der Waals surface area contributed by atoms with E-state index in [-0.39, 0.29) is 5.92 Å². The lowest BCUT2D eigenvalue weighted by Gasteiger charge is -2.31. The summed E-state index contributed by atoms with van der Waals surface area (Å²) in [5, 5.41) is 12.7. The van der Waals surface area contributed by atoms with Crippen LogP contribution in [-0.2, 0) is 4.79 Å². The molecule has 0 aliphatic heterocycles. The van der Waals surface area contributed by atoms with Crippen molar-refractivity contribution in [2.24, 2.45) is 11.8 Å². The van der Waals surface area contributed by atoms with Crippen molar-refractivity contribution < 1.29 is 9.90 Å². The molecule has 116 valence electrons. The van der Waals surface area contributed by atoms with Crippen molar-refractivity contribution in [1.82, 2.24) is 10.2 Å². The number of hydrogen-bond acceptors (Lipinski definition) is 3. The lowest BCUT2D eigenvalue weighted by Crippen LogP contribution is -2.46. The van der Waals surface area contributed by atoms with Crippen molar-refractivity contribution in [3.05, 3.63) is 11.6 Å². The van der Waals surface area contributed by atoms with Crippen LogP contribution < -0.4 is 5.32 Å². The van der Waals surface area contributed by atoms with Crippen LogP contribution in [0, 0.1) is 11.8 Å².